The summed E-state index contributed by atoms with van der Waals surface area (Å²) in [6, 6.07) is 11.1. The third-order valence-corrected chi connectivity index (χ3v) is 5.14. The van der Waals surface area contributed by atoms with Crippen LogP contribution in [0.1, 0.15) is 44.2 Å². The molecule has 2 aliphatic rings. The number of hydrogen-bond acceptors (Lipinski definition) is 4. The number of amides is 3. The van der Waals surface area contributed by atoms with Crippen molar-refractivity contribution in [2.75, 3.05) is 0 Å². The summed E-state index contributed by atoms with van der Waals surface area (Å²) >= 11 is 0. The van der Waals surface area contributed by atoms with Crippen LogP contribution in [0.5, 0.6) is 0 Å². The predicted octanol–water partition coefficient (Wildman–Crippen LogP) is 3.49. The van der Waals surface area contributed by atoms with Crippen LogP contribution < -0.4 is 5.32 Å². The van der Waals surface area contributed by atoms with E-state index >= 15 is 0 Å². The molecule has 6 nitrogen and oxygen atoms in total. The molecule has 1 aliphatic carbocycles. The van der Waals surface area contributed by atoms with Crippen molar-refractivity contribution in [3.05, 3.63) is 42.1 Å². The van der Waals surface area contributed by atoms with Crippen LogP contribution in [0.3, 0.4) is 0 Å². The highest BCUT2D eigenvalue weighted by Gasteiger charge is 2.50. The summed E-state index contributed by atoms with van der Waals surface area (Å²) in [5, 5.41) is 6.98. The molecule has 1 aliphatic heterocycles. The summed E-state index contributed by atoms with van der Waals surface area (Å²) in [4.78, 5) is 26.6. The second-order valence-electron chi connectivity index (χ2n) is 6.87. The molecule has 2 heterocycles. The maximum absolute atomic E-state index is 12.9. The number of hydrogen-bond donors (Lipinski definition) is 1. The zero-order valence-electron chi connectivity index (χ0n) is 14.0. The molecule has 2 fully saturated rings. The number of rotatable bonds is 3. The molecule has 130 valence electrons. The highest BCUT2D eigenvalue weighted by molar-refractivity contribution is 6.06. The van der Waals surface area contributed by atoms with E-state index in [-0.39, 0.29) is 18.5 Å². The van der Waals surface area contributed by atoms with Crippen LogP contribution in [0.15, 0.2) is 40.9 Å². The summed E-state index contributed by atoms with van der Waals surface area (Å²) in [7, 11) is 0. The molecule has 25 heavy (non-hydrogen) atoms. The topological polar surface area (TPSA) is 75.4 Å². The lowest BCUT2D eigenvalue weighted by atomic mass is 9.90. The van der Waals surface area contributed by atoms with E-state index in [1.165, 1.54) is 4.90 Å². The van der Waals surface area contributed by atoms with Crippen LogP contribution in [0, 0.1) is 0 Å². The van der Waals surface area contributed by atoms with E-state index in [4.69, 9.17) is 4.52 Å². The van der Waals surface area contributed by atoms with Gasteiger partial charge in [0.25, 0.3) is 5.91 Å². The zero-order valence-corrected chi connectivity index (χ0v) is 14.0. The molecule has 1 aromatic heterocycles. The van der Waals surface area contributed by atoms with Crippen molar-refractivity contribution in [3.8, 4) is 11.3 Å². The molecule has 1 N–H and O–H groups in total. The first-order chi connectivity index (χ1) is 12.2. The minimum atomic E-state index is -0.709. The van der Waals surface area contributed by atoms with Crippen molar-refractivity contribution in [2.45, 2.75) is 50.6 Å². The fourth-order valence-electron chi connectivity index (χ4n) is 3.78. The summed E-state index contributed by atoms with van der Waals surface area (Å²) in [6.07, 6.45) is 5.64. The van der Waals surface area contributed by atoms with Crippen LogP contribution in [0.4, 0.5) is 4.79 Å². The van der Waals surface area contributed by atoms with Gasteiger partial charge in [0.05, 0.1) is 6.54 Å². The van der Waals surface area contributed by atoms with Gasteiger partial charge < -0.3 is 9.84 Å². The third-order valence-electron chi connectivity index (χ3n) is 5.14. The minimum Gasteiger partial charge on any atom is -0.356 e. The average molecular weight is 339 g/mol. The van der Waals surface area contributed by atoms with Crippen molar-refractivity contribution in [1.29, 1.82) is 0 Å². The number of nitrogens with zero attached hydrogens (tertiary/aromatic N) is 2. The molecule has 0 radical (unpaired) electrons. The maximum atomic E-state index is 12.9. The number of carbonyl (C=O) groups excluding carboxylic acids is 2. The molecule has 1 saturated heterocycles. The van der Waals surface area contributed by atoms with Gasteiger partial charge in [0.15, 0.2) is 5.76 Å². The van der Waals surface area contributed by atoms with Crippen LogP contribution in [0.25, 0.3) is 11.3 Å². The number of nitrogens with one attached hydrogen (secondary N) is 1. The Morgan fingerprint density at radius 3 is 2.52 bits per heavy atom. The molecule has 4 rings (SSSR count). The Bertz CT molecular complexity index is 776. The van der Waals surface area contributed by atoms with Gasteiger partial charge in [0.1, 0.15) is 11.2 Å². The second kappa shape index (κ2) is 6.35. The van der Waals surface area contributed by atoms with E-state index in [1.807, 2.05) is 30.3 Å². The molecule has 6 heteroatoms. The largest absolute Gasteiger partial charge is 0.356 e. The quantitative estimate of drug-likeness (QED) is 0.869. The summed E-state index contributed by atoms with van der Waals surface area (Å²) < 4.78 is 5.37. The van der Waals surface area contributed by atoms with E-state index in [0.29, 0.717) is 11.5 Å². The van der Waals surface area contributed by atoms with Crippen LogP contribution in [-0.2, 0) is 11.3 Å². The van der Waals surface area contributed by atoms with E-state index in [2.05, 4.69) is 10.5 Å². The lowest BCUT2D eigenvalue weighted by Gasteiger charge is -2.24. The molecule has 0 bridgehead atoms. The summed E-state index contributed by atoms with van der Waals surface area (Å²) in [5.74, 6) is 0.510. The molecular weight excluding hydrogens is 318 g/mol. The first-order valence-electron chi connectivity index (χ1n) is 8.83. The van der Waals surface area contributed by atoms with Gasteiger partial charge in [-0.05, 0) is 12.8 Å². The number of imide groups is 1. The van der Waals surface area contributed by atoms with E-state index in [0.717, 1.165) is 44.1 Å². The van der Waals surface area contributed by atoms with Gasteiger partial charge in [-0.25, -0.2) is 4.79 Å². The Labute approximate surface area is 146 Å². The first kappa shape index (κ1) is 15.9. The van der Waals surface area contributed by atoms with Crippen molar-refractivity contribution < 1.29 is 14.1 Å². The van der Waals surface area contributed by atoms with Gasteiger partial charge in [-0.2, -0.15) is 0 Å². The van der Waals surface area contributed by atoms with Crippen LogP contribution in [-0.4, -0.2) is 27.5 Å². The Morgan fingerprint density at radius 1 is 1.08 bits per heavy atom. The predicted molar refractivity (Wildman–Crippen MR) is 91.5 cm³/mol. The fourth-order valence-corrected chi connectivity index (χ4v) is 3.78. The SMILES string of the molecule is O=C1NC2(CCCCCC2)C(=O)N1Cc1cc(-c2ccccc2)on1. The van der Waals surface area contributed by atoms with Crippen molar-refractivity contribution >= 4 is 11.9 Å². The van der Waals surface area contributed by atoms with Gasteiger partial charge in [-0.3, -0.25) is 9.69 Å². The first-order valence-corrected chi connectivity index (χ1v) is 8.83. The third kappa shape index (κ3) is 2.92. The lowest BCUT2D eigenvalue weighted by molar-refractivity contribution is -0.132. The van der Waals surface area contributed by atoms with E-state index in [1.54, 1.807) is 6.07 Å². The zero-order chi connectivity index (χ0) is 17.3. The minimum absolute atomic E-state index is 0.122. The van der Waals surface area contributed by atoms with Gasteiger partial charge in [-0.1, -0.05) is 61.2 Å². The normalized spacial score (nSPS) is 19.9. The number of aromatic nitrogens is 1. The number of carbonyl (C=O) groups is 2. The van der Waals surface area contributed by atoms with Gasteiger partial charge in [0, 0.05) is 11.6 Å². The van der Waals surface area contributed by atoms with E-state index in [9.17, 15) is 9.59 Å². The number of benzene rings is 1. The van der Waals surface area contributed by atoms with E-state index < -0.39 is 5.54 Å². The van der Waals surface area contributed by atoms with Crippen molar-refractivity contribution in [3.63, 3.8) is 0 Å². The molecule has 3 amide bonds. The molecule has 1 spiro atoms. The Kier molecular flexibility index (Phi) is 4.03. The van der Waals surface area contributed by atoms with Crippen molar-refractivity contribution in [1.82, 2.24) is 15.4 Å². The molecular formula is C19H21N3O3. The van der Waals surface area contributed by atoms with Gasteiger partial charge >= 0.3 is 6.03 Å². The fraction of sp³-hybridized carbons (Fsp3) is 0.421. The summed E-state index contributed by atoms with van der Waals surface area (Å²) in [6.45, 7) is 0.142. The lowest BCUT2D eigenvalue weighted by Crippen LogP contribution is -2.46. The highest BCUT2D eigenvalue weighted by Crippen LogP contribution is 2.33. The molecule has 0 atom stereocenters. The Hall–Kier alpha value is -2.63. The van der Waals surface area contributed by atoms with Gasteiger partial charge in [-0.15, -0.1) is 0 Å². The van der Waals surface area contributed by atoms with Crippen LogP contribution >= 0.6 is 0 Å². The Morgan fingerprint density at radius 2 is 1.80 bits per heavy atom. The second-order valence-corrected chi connectivity index (χ2v) is 6.87. The average Bonchev–Trinajstić information content (AvgIpc) is 3.08. The Balaban J connectivity index is 1.52. The number of urea groups is 1. The molecule has 0 unspecified atom stereocenters. The standard InChI is InChI=1S/C19H21N3O3/c23-17-19(10-6-1-2-7-11-19)20-18(24)22(17)13-15-12-16(25-21-15)14-8-4-3-5-9-14/h3-5,8-9,12H,1-2,6-7,10-11,13H2,(H,20,24). The highest BCUT2D eigenvalue weighted by atomic mass is 16.5. The maximum Gasteiger partial charge on any atom is 0.325 e. The van der Waals surface area contributed by atoms with Crippen LogP contribution in [0.2, 0.25) is 0 Å². The smallest absolute Gasteiger partial charge is 0.325 e. The monoisotopic (exact) mass is 339 g/mol. The molecule has 1 saturated carbocycles. The van der Waals surface area contributed by atoms with Gasteiger partial charge in [0.2, 0.25) is 0 Å². The molecule has 2 aromatic rings. The summed E-state index contributed by atoms with van der Waals surface area (Å²) in [5.41, 5.74) is 0.784. The molecule has 1 aromatic carbocycles. The van der Waals surface area contributed by atoms with Crippen molar-refractivity contribution in [2.24, 2.45) is 0 Å².